The number of amides is 2. The van der Waals surface area contributed by atoms with Crippen molar-refractivity contribution in [3.8, 4) is 0 Å². The Labute approximate surface area is 196 Å². The molecule has 34 heavy (non-hydrogen) atoms. The van der Waals surface area contributed by atoms with E-state index in [4.69, 9.17) is 14.6 Å². The van der Waals surface area contributed by atoms with Crippen molar-refractivity contribution in [2.75, 3.05) is 31.1 Å². The second kappa shape index (κ2) is 8.34. The van der Waals surface area contributed by atoms with Gasteiger partial charge in [-0.05, 0) is 52.2 Å². The molecule has 2 aliphatic rings. The smallest absolute Gasteiger partial charge is 0.414 e. The van der Waals surface area contributed by atoms with E-state index >= 15 is 0 Å². The molecule has 0 radical (unpaired) electrons. The Balaban J connectivity index is 1.50. The van der Waals surface area contributed by atoms with Gasteiger partial charge in [-0.3, -0.25) is 9.69 Å². The molecule has 5 rings (SSSR count). The number of hydrogen-bond acceptors (Lipinski definition) is 6. The molecule has 1 aromatic carbocycles. The first-order valence-corrected chi connectivity index (χ1v) is 11.7. The number of piperidine rings is 1. The maximum atomic E-state index is 12.7. The summed E-state index contributed by atoms with van der Waals surface area (Å²) in [4.78, 5) is 43.8. The number of nitrogens with one attached hydrogen (secondary N) is 1. The molecule has 0 unspecified atom stereocenters. The van der Waals surface area contributed by atoms with Crippen molar-refractivity contribution in [1.82, 2.24) is 19.5 Å². The van der Waals surface area contributed by atoms with Crippen LogP contribution in [0, 0.1) is 0 Å². The second-order valence-electron chi connectivity index (χ2n) is 9.85. The lowest BCUT2D eigenvalue weighted by Gasteiger charge is -2.33. The highest BCUT2D eigenvalue weighted by atomic mass is 16.6. The van der Waals surface area contributed by atoms with Gasteiger partial charge in [-0.2, -0.15) is 5.10 Å². The summed E-state index contributed by atoms with van der Waals surface area (Å²) in [6.45, 7) is 7.59. The fourth-order valence-electron chi connectivity index (χ4n) is 4.74. The van der Waals surface area contributed by atoms with Crippen molar-refractivity contribution in [3.05, 3.63) is 40.3 Å². The highest BCUT2D eigenvalue weighted by Gasteiger charge is 2.30. The first-order chi connectivity index (χ1) is 16.2. The zero-order valence-corrected chi connectivity index (χ0v) is 19.7. The van der Waals surface area contributed by atoms with Crippen LogP contribution in [0.4, 0.5) is 15.3 Å². The van der Waals surface area contributed by atoms with Crippen molar-refractivity contribution in [3.63, 3.8) is 0 Å². The van der Waals surface area contributed by atoms with Crippen molar-refractivity contribution >= 4 is 34.4 Å². The molecule has 0 aliphatic carbocycles. The average molecular weight is 468 g/mol. The number of rotatable bonds is 2. The third-order valence-corrected chi connectivity index (χ3v) is 6.27. The lowest BCUT2D eigenvalue weighted by Crippen LogP contribution is -2.41. The molecule has 0 spiro atoms. The van der Waals surface area contributed by atoms with Crippen molar-refractivity contribution in [2.45, 2.75) is 51.6 Å². The largest absolute Gasteiger partial charge is 0.449 e. The minimum absolute atomic E-state index is 0.0567. The van der Waals surface area contributed by atoms with Crippen LogP contribution >= 0.6 is 0 Å². The lowest BCUT2D eigenvalue weighted by molar-refractivity contribution is 0.0203. The number of carbonyl (C=O) groups excluding carboxylic acids is 2. The number of ether oxygens (including phenoxy) is 2. The van der Waals surface area contributed by atoms with Crippen molar-refractivity contribution in [2.24, 2.45) is 0 Å². The summed E-state index contributed by atoms with van der Waals surface area (Å²) in [6.07, 6.45) is 1.41. The Bertz CT molecular complexity index is 1310. The van der Waals surface area contributed by atoms with Crippen LogP contribution in [-0.2, 0) is 9.47 Å². The van der Waals surface area contributed by atoms with Crippen LogP contribution in [0.2, 0.25) is 0 Å². The van der Waals surface area contributed by atoms with E-state index in [9.17, 15) is 14.4 Å². The number of H-pyrrole nitrogens is 1. The van der Waals surface area contributed by atoms with Gasteiger partial charge in [0.1, 0.15) is 11.2 Å². The van der Waals surface area contributed by atoms with Crippen molar-refractivity contribution in [1.29, 1.82) is 0 Å². The number of aromatic amines is 1. The number of aromatic nitrogens is 3. The molecule has 10 nitrogen and oxygen atoms in total. The highest BCUT2D eigenvalue weighted by molar-refractivity contribution is 6.07. The normalized spacial score (nSPS) is 17.9. The zero-order chi connectivity index (χ0) is 24.0. The molecule has 2 saturated heterocycles. The van der Waals surface area contributed by atoms with E-state index in [1.54, 1.807) is 20.4 Å². The topological polar surface area (TPSA) is 109 Å². The zero-order valence-electron chi connectivity index (χ0n) is 19.7. The minimum atomic E-state index is -0.541. The number of hydrogen-bond donors (Lipinski definition) is 1. The molecule has 0 bridgehead atoms. The van der Waals surface area contributed by atoms with Gasteiger partial charge in [0.2, 0.25) is 0 Å². The third kappa shape index (κ3) is 4.08. The van der Waals surface area contributed by atoms with Gasteiger partial charge < -0.3 is 19.4 Å². The maximum absolute atomic E-state index is 12.7. The van der Waals surface area contributed by atoms with E-state index in [1.807, 2.05) is 39.0 Å². The van der Waals surface area contributed by atoms with Gasteiger partial charge in [-0.25, -0.2) is 14.1 Å². The fourth-order valence-corrected chi connectivity index (χ4v) is 4.74. The number of carbonyl (C=O) groups is 2. The van der Waals surface area contributed by atoms with Crippen LogP contribution in [0.25, 0.3) is 16.6 Å². The van der Waals surface area contributed by atoms with Gasteiger partial charge in [-0.15, -0.1) is 0 Å². The summed E-state index contributed by atoms with van der Waals surface area (Å²) in [6, 6.07) is 7.15. The lowest BCUT2D eigenvalue weighted by atomic mass is 9.93. The summed E-state index contributed by atoms with van der Waals surface area (Å²) in [5.74, 6) is 0.0567. The first kappa shape index (κ1) is 22.2. The predicted octanol–water partition coefficient (Wildman–Crippen LogP) is 3.64. The van der Waals surface area contributed by atoms with Crippen LogP contribution in [0.15, 0.2) is 29.1 Å². The van der Waals surface area contributed by atoms with Gasteiger partial charge in [0, 0.05) is 31.6 Å². The maximum Gasteiger partial charge on any atom is 0.414 e. The van der Waals surface area contributed by atoms with Crippen LogP contribution in [0.5, 0.6) is 0 Å². The predicted molar refractivity (Wildman–Crippen MR) is 126 cm³/mol. The van der Waals surface area contributed by atoms with E-state index in [1.165, 1.54) is 0 Å². The van der Waals surface area contributed by atoms with Gasteiger partial charge in [0.05, 0.1) is 28.9 Å². The molecule has 2 aromatic heterocycles. The van der Waals surface area contributed by atoms with Crippen LogP contribution in [0.3, 0.4) is 0 Å². The SMILES string of the molecule is CC(C)(C)OC(=O)N1CCC(c2cc(=O)[nH]c3c4c(N5CCCOC5=O)cccc4nn23)CC1. The van der Waals surface area contributed by atoms with E-state index in [2.05, 4.69) is 4.98 Å². The number of fused-ring (bicyclic) bond motifs is 3. The van der Waals surface area contributed by atoms with E-state index in [-0.39, 0.29) is 17.6 Å². The highest BCUT2D eigenvalue weighted by Crippen LogP contribution is 2.34. The number of anilines is 1. The third-order valence-electron chi connectivity index (χ3n) is 6.27. The monoisotopic (exact) mass is 467 g/mol. The van der Waals surface area contributed by atoms with Gasteiger partial charge in [0.15, 0.2) is 0 Å². The molecule has 1 N–H and O–H groups in total. The Kier molecular flexibility index (Phi) is 5.45. The molecule has 2 aliphatic heterocycles. The molecule has 180 valence electrons. The molecule has 0 saturated carbocycles. The summed E-state index contributed by atoms with van der Waals surface area (Å²) in [7, 11) is 0. The number of likely N-dealkylation sites (tertiary alicyclic amines) is 1. The Morgan fingerprint density at radius 1 is 1.18 bits per heavy atom. The number of benzene rings is 1. The summed E-state index contributed by atoms with van der Waals surface area (Å²) < 4.78 is 12.5. The average Bonchev–Trinajstić information content (AvgIpc) is 3.16. The quantitative estimate of drug-likeness (QED) is 0.616. The molecule has 2 amide bonds. The molecule has 4 heterocycles. The van der Waals surface area contributed by atoms with E-state index in [0.717, 1.165) is 12.1 Å². The van der Waals surface area contributed by atoms with Crippen LogP contribution in [0.1, 0.15) is 51.6 Å². The van der Waals surface area contributed by atoms with E-state index in [0.29, 0.717) is 61.3 Å². The molecular formula is C24H29N5O5. The summed E-state index contributed by atoms with van der Waals surface area (Å²) in [5.41, 5.74) is 1.94. The van der Waals surface area contributed by atoms with E-state index < -0.39 is 11.7 Å². The van der Waals surface area contributed by atoms with Gasteiger partial charge in [0.25, 0.3) is 5.56 Å². The second-order valence-corrected chi connectivity index (χ2v) is 9.85. The Morgan fingerprint density at radius 2 is 1.94 bits per heavy atom. The van der Waals surface area contributed by atoms with Crippen molar-refractivity contribution < 1.29 is 19.1 Å². The Hall–Kier alpha value is -3.56. The molecule has 0 atom stereocenters. The Morgan fingerprint density at radius 3 is 2.65 bits per heavy atom. The molecule has 2 fully saturated rings. The fraction of sp³-hybridized carbons (Fsp3) is 0.500. The molecule has 10 heteroatoms. The van der Waals surface area contributed by atoms with Gasteiger partial charge in [-0.1, -0.05) is 6.07 Å². The first-order valence-electron chi connectivity index (χ1n) is 11.7. The standard InChI is InChI=1S/C24H29N5O5/c1-24(2,3)34-22(31)27-11-8-15(9-12-27)18-14-19(30)25-21-20-16(26-29(18)21)6-4-7-17(20)28-10-5-13-33-23(28)32/h4,6-7,14-15H,5,8-13H2,1-3H3,(H,25,30). The van der Waals surface area contributed by atoms with Crippen LogP contribution in [-0.4, -0.2) is 63.5 Å². The summed E-state index contributed by atoms with van der Waals surface area (Å²) >= 11 is 0. The number of cyclic esters (lactones) is 1. The molecule has 3 aromatic rings. The number of nitrogens with zero attached hydrogens (tertiary/aromatic N) is 4. The summed E-state index contributed by atoms with van der Waals surface area (Å²) in [5, 5.41) is 5.49. The van der Waals surface area contributed by atoms with Gasteiger partial charge >= 0.3 is 12.2 Å². The van der Waals surface area contributed by atoms with Crippen LogP contribution < -0.4 is 10.5 Å². The minimum Gasteiger partial charge on any atom is -0.449 e. The molecular weight excluding hydrogens is 438 g/mol.